The van der Waals surface area contributed by atoms with Gasteiger partial charge in [-0.05, 0) is 18.2 Å². The molecule has 18 heavy (non-hydrogen) atoms. The first-order valence-electron chi connectivity index (χ1n) is 5.22. The molecule has 94 valence electrons. The van der Waals surface area contributed by atoms with Crippen LogP contribution in [-0.2, 0) is 0 Å². The first-order chi connectivity index (χ1) is 8.50. The maximum atomic E-state index is 11.8. The molecule has 2 rings (SSSR count). The third kappa shape index (κ3) is 2.35. The van der Waals surface area contributed by atoms with Crippen molar-refractivity contribution in [3.8, 4) is 5.69 Å². The van der Waals surface area contributed by atoms with E-state index in [9.17, 15) is 4.79 Å². The van der Waals surface area contributed by atoms with Gasteiger partial charge >= 0.3 is 0 Å². The smallest absolute Gasteiger partial charge is 0.258 e. The van der Waals surface area contributed by atoms with E-state index in [4.69, 9.17) is 23.2 Å². The van der Waals surface area contributed by atoms with Gasteiger partial charge in [-0.15, -0.1) is 0 Å². The van der Waals surface area contributed by atoms with Gasteiger partial charge < -0.3 is 4.90 Å². The van der Waals surface area contributed by atoms with Crippen LogP contribution in [0.15, 0.2) is 30.5 Å². The van der Waals surface area contributed by atoms with Crippen LogP contribution in [0.1, 0.15) is 10.4 Å². The number of aromatic nitrogens is 2. The molecule has 1 aromatic carbocycles. The van der Waals surface area contributed by atoms with E-state index in [2.05, 4.69) is 5.10 Å². The fraction of sp³-hybridized carbons (Fsp3) is 0.167. The Morgan fingerprint density at radius 1 is 1.33 bits per heavy atom. The van der Waals surface area contributed by atoms with Gasteiger partial charge in [-0.1, -0.05) is 29.3 Å². The summed E-state index contributed by atoms with van der Waals surface area (Å²) in [6.45, 7) is 0. The van der Waals surface area contributed by atoms with E-state index >= 15 is 0 Å². The molecule has 1 aromatic heterocycles. The molecule has 0 saturated carbocycles. The molecule has 0 N–H and O–H groups in total. The largest absolute Gasteiger partial charge is 0.345 e. The van der Waals surface area contributed by atoms with Crippen molar-refractivity contribution in [2.75, 3.05) is 14.1 Å². The van der Waals surface area contributed by atoms with E-state index in [1.807, 2.05) is 6.07 Å². The molecule has 0 saturated heterocycles. The van der Waals surface area contributed by atoms with E-state index < -0.39 is 0 Å². The second-order valence-electron chi connectivity index (χ2n) is 3.94. The minimum absolute atomic E-state index is 0.187. The monoisotopic (exact) mass is 283 g/mol. The molecule has 0 aliphatic heterocycles. The summed E-state index contributed by atoms with van der Waals surface area (Å²) in [6.07, 6.45) is 1.45. The van der Waals surface area contributed by atoms with Crippen molar-refractivity contribution < 1.29 is 4.79 Å². The van der Waals surface area contributed by atoms with Gasteiger partial charge in [0.15, 0.2) is 0 Å². The van der Waals surface area contributed by atoms with Gasteiger partial charge in [-0.25, -0.2) is 4.68 Å². The highest BCUT2D eigenvalue weighted by molar-refractivity contribution is 6.33. The highest BCUT2D eigenvalue weighted by atomic mass is 35.5. The molecule has 0 fully saturated rings. The Morgan fingerprint density at radius 3 is 2.67 bits per heavy atom. The molecule has 4 nitrogen and oxygen atoms in total. The van der Waals surface area contributed by atoms with Gasteiger partial charge in [0.2, 0.25) is 0 Å². The van der Waals surface area contributed by atoms with Crippen molar-refractivity contribution in [2.24, 2.45) is 0 Å². The second kappa shape index (κ2) is 5.00. The second-order valence-corrected chi connectivity index (χ2v) is 4.73. The lowest BCUT2D eigenvalue weighted by atomic mass is 10.3. The Bertz CT molecular complexity index is 593. The number of rotatable bonds is 2. The molecule has 0 unspecified atom stereocenters. The summed E-state index contributed by atoms with van der Waals surface area (Å²) in [5.41, 5.74) is 1.08. The maximum Gasteiger partial charge on any atom is 0.258 e. The van der Waals surface area contributed by atoms with Gasteiger partial charge in [0.05, 0.1) is 17.4 Å². The van der Waals surface area contributed by atoms with Gasteiger partial charge in [-0.3, -0.25) is 4.79 Å². The molecule has 1 amide bonds. The molecule has 2 aromatic rings. The summed E-state index contributed by atoms with van der Waals surface area (Å²) in [6, 6.07) is 7.09. The number of amides is 1. The predicted molar refractivity (Wildman–Crippen MR) is 71.6 cm³/mol. The van der Waals surface area contributed by atoms with Gasteiger partial charge in [0, 0.05) is 19.1 Å². The van der Waals surface area contributed by atoms with Gasteiger partial charge in [-0.2, -0.15) is 5.10 Å². The predicted octanol–water partition coefficient (Wildman–Crippen LogP) is 2.88. The van der Waals surface area contributed by atoms with Crippen LogP contribution < -0.4 is 0 Å². The summed E-state index contributed by atoms with van der Waals surface area (Å²) in [5, 5.41) is 4.97. The average molecular weight is 284 g/mol. The van der Waals surface area contributed by atoms with Gasteiger partial charge in [0.25, 0.3) is 5.91 Å². The number of hydrogen-bond acceptors (Lipinski definition) is 2. The molecule has 0 bridgehead atoms. The van der Waals surface area contributed by atoms with E-state index in [-0.39, 0.29) is 11.1 Å². The zero-order valence-corrected chi connectivity index (χ0v) is 11.4. The quantitative estimate of drug-likeness (QED) is 0.850. The SMILES string of the molecule is CN(C)C(=O)c1cnn(-c2cccc(Cl)c2)c1Cl. The summed E-state index contributed by atoms with van der Waals surface area (Å²) in [4.78, 5) is 13.3. The Kier molecular flexibility index (Phi) is 3.59. The average Bonchev–Trinajstić information content (AvgIpc) is 2.70. The van der Waals surface area contributed by atoms with Crippen LogP contribution >= 0.6 is 23.2 Å². The van der Waals surface area contributed by atoms with Crippen LogP contribution in [0.5, 0.6) is 0 Å². The Labute approximate surface area is 115 Å². The van der Waals surface area contributed by atoms with E-state index in [1.165, 1.54) is 15.8 Å². The van der Waals surface area contributed by atoms with Crippen LogP contribution in [0.3, 0.4) is 0 Å². The lowest BCUT2D eigenvalue weighted by Crippen LogP contribution is -2.21. The lowest BCUT2D eigenvalue weighted by Gasteiger charge is -2.09. The molecule has 0 aliphatic carbocycles. The van der Waals surface area contributed by atoms with Crippen molar-refractivity contribution in [1.82, 2.24) is 14.7 Å². The number of halogens is 2. The van der Waals surface area contributed by atoms with Crippen LogP contribution in [-0.4, -0.2) is 34.7 Å². The fourth-order valence-corrected chi connectivity index (χ4v) is 1.96. The van der Waals surface area contributed by atoms with E-state index in [1.54, 1.807) is 32.3 Å². The first kappa shape index (κ1) is 12.9. The van der Waals surface area contributed by atoms with E-state index in [0.717, 1.165) is 0 Å². The number of hydrogen-bond donors (Lipinski definition) is 0. The summed E-state index contributed by atoms with van der Waals surface area (Å²) in [7, 11) is 3.32. The molecular weight excluding hydrogens is 273 g/mol. The van der Waals surface area contributed by atoms with Crippen molar-refractivity contribution in [2.45, 2.75) is 0 Å². The van der Waals surface area contributed by atoms with Crippen LogP contribution in [0.25, 0.3) is 5.69 Å². The van der Waals surface area contributed by atoms with Crippen molar-refractivity contribution in [3.63, 3.8) is 0 Å². The van der Waals surface area contributed by atoms with Gasteiger partial charge in [0.1, 0.15) is 5.15 Å². The standard InChI is InChI=1S/C12H11Cl2N3O/c1-16(2)12(18)10-7-15-17(11(10)14)9-5-3-4-8(13)6-9/h3-7H,1-2H3. The molecule has 1 heterocycles. The lowest BCUT2D eigenvalue weighted by molar-refractivity contribution is 0.0828. The highest BCUT2D eigenvalue weighted by Crippen LogP contribution is 2.22. The minimum atomic E-state index is -0.187. The number of nitrogens with zero attached hydrogens (tertiary/aromatic N) is 3. The van der Waals surface area contributed by atoms with E-state index in [0.29, 0.717) is 16.3 Å². The number of carbonyl (C=O) groups is 1. The molecule has 0 radical (unpaired) electrons. The molecule has 0 atom stereocenters. The molecule has 6 heteroatoms. The maximum absolute atomic E-state index is 11.8. The topological polar surface area (TPSA) is 38.1 Å². The normalized spacial score (nSPS) is 10.4. The zero-order chi connectivity index (χ0) is 13.3. The van der Waals surface area contributed by atoms with Crippen molar-refractivity contribution in [3.05, 3.63) is 46.2 Å². The third-order valence-electron chi connectivity index (χ3n) is 2.40. The van der Waals surface area contributed by atoms with Crippen LogP contribution in [0, 0.1) is 0 Å². The molecular formula is C12H11Cl2N3O. The summed E-state index contributed by atoms with van der Waals surface area (Å²) >= 11 is 12.1. The van der Waals surface area contributed by atoms with Crippen LogP contribution in [0.2, 0.25) is 10.2 Å². The third-order valence-corrected chi connectivity index (χ3v) is 3.00. The fourth-order valence-electron chi connectivity index (χ4n) is 1.51. The molecule has 0 spiro atoms. The summed E-state index contributed by atoms with van der Waals surface area (Å²) < 4.78 is 1.48. The first-order valence-corrected chi connectivity index (χ1v) is 5.97. The van der Waals surface area contributed by atoms with Crippen molar-refractivity contribution >= 4 is 29.1 Å². The summed E-state index contributed by atoms with van der Waals surface area (Å²) in [5.74, 6) is -0.187. The van der Waals surface area contributed by atoms with Crippen LogP contribution in [0.4, 0.5) is 0 Å². The Hall–Kier alpha value is -1.52. The van der Waals surface area contributed by atoms with Crippen molar-refractivity contribution in [1.29, 1.82) is 0 Å². The number of carbonyl (C=O) groups excluding carboxylic acids is 1. The highest BCUT2D eigenvalue weighted by Gasteiger charge is 2.18. The Balaban J connectivity index is 2.46. The molecule has 0 aliphatic rings. The number of benzene rings is 1. The zero-order valence-electron chi connectivity index (χ0n) is 9.89. The Morgan fingerprint density at radius 2 is 2.06 bits per heavy atom. The minimum Gasteiger partial charge on any atom is -0.345 e.